The third-order valence-corrected chi connectivity index (χ3v) is 3.66. The van der Waals surface area contributed by atoms with E-state index in [1.807, 2.05) is 0 Å². The average Bonchev–Trinajstić information content (AvgIpc) is 2.69. The summed E-state index contributed by atoms with van der Waals surface area (Å²) < 4.78 is 5.45. The van der Waals surface area contributed by atoms with Crippen LogP contribution in [0.5, 0.6) is 0 Å². The number of hydrogen-bond donors (Lipinski definition) is 2. The smallest absolute Gasteiger partial charge is 0.237 e. The van der Waals surface area contributed by atoms with Crippen LogP contribution in [0.15, 0.2) is 0 Å². The van der Waals surface area contributed by atoms with Gasteiger partial charge in [0.05, 0.1) is 11.6 Å². The number of carbonyl (C=O) groups is 1. The molecule has 0 radical (unpaired) electrons. The predicted octanol–water partition coefficient (Wildman–Crippen LogP) is 0.424. The van der Waals surface area contributed by atoms with E-state index in [9.17, 15) is 4.79 Å². The van der Waals surface area contributed by atoms with Gasteiger partial charge >= 0.3 is 0 Å². The fourth-order valence-corrected chi connectivity index (χ4v) is 2.30. The van der Waals surface area contributed by atoms with Crippen LogP contribution in [0.3, 0.4) is 0 Å². The van der Waals surface area contributed by atoms with Crippen LogP contribution in [0.4, 0.5) is 0 Å². The number of rotatable bonds is 4. The highest BCUT2D eigenvalue weighted by molar-refractivity contribution is 5.82. The second kappa shape index (κ2) is 4.49. The lowest BCUT2D eigenvalue weighted by molar-refractivity contribution is -0.126. The van der Waals surface area contributed by atoms with Crippen LogP contribution in [-0.4, -0.2) is 37.7 Å². The van der Waals surface area contributed by atoms with Crippen LogP contribution in [0.1, 0.15) is 32.1 Å². The molecule has 2 rings (SSSR count). The number of amides is 1. The molecule has 1 aliphatic heterocycles. The Labute approximate surface area is 90.8 Å². The van der Waals surface area contributed by atoms with Crippen molar-refractivity contribution >= 4 is 5.91 Å². The molecule has 1 heterocycles. The summed E-state index contributed by atoms with van der Waals surface area (Å²) in [6.45, 7) is 1.63. The molecule has 1 amide bonds. The van der Waals surface area contributed by atoms with Gasteiger partial charge in [-0.3, -0.25) is 4.79 Å². The fraction of sp³-hybridized carbons (Fsp3) is 0.909. The number of carbonyl (C=O) groups excluding carboxylic acids is 1. The lowest BCUT2D eigenvalue weighted by Crippen LogP contribution is -2.52. The quantitative estimate of drug-likeness (QED) is 0.710. The molecule has 1 aliphatic carbocycles. The lowest BCUT2D eigenvalue weighted by Gasteiger charge is -2.40. The molecule has 0 bridgehead atoms. The number of methoxy groups -OCH3 is 1. The average molecular weight is 212 g/mol. The van der Waals surface area contributed by atoms with Crippen molar-refractivity contribution in [3.05, 3.63) is 0 Å². The van der Waals surface area contributed by atoms with Crippen molar-refractivity contribution < 1.29 is 9.53 Å². The first-order valence-corrected chi connectivity index (χ1v) is 5.82. The van der Waals surface area contributed by atoms with Gasteiger partial charge in [0.1, 0.15) is 0 Å². The van der Waals surface area contributed by atoms with E-state index in [0.29, 0.717) is 6.54 Å². The van der Waals surface area contributed by atoms with Gasteiger partial charge in [-0.2, -0.15) is 0 Å². The minimum absolute atomic E-state index is 0.0268. The van der Waals surface area contributed by atoms with Gasteiger partial charge in [-0.25, -0.2) is 0 Å². The number of ether oxygens (including phenoxy) is 1. The van der Waals surface area contributed by atoms with Gasteiger partial charge in [-0.15, -0.1) is 0 Å². The first-order chi connectivity index (χ1) is 7.26. The second-order valence-electron chi connectivity index (χ2n) is 4.61. The van der Waals surface area contributed by atoms with E-state index in [-0.39, 0.29) is 17.6 Å². The third kappa shape index (κ3) is 2.32. The maximum absolute atomic E-state index is 11.7. The van der Waals surface area contributed by atoms with E-state index in [1.54, 1.807) is 7.11 Å². The zero-order valence-corrected chi connectivity index (χ0v) is 9.34. The molecule has 4 heteroatoms. The maximum Gasteiger partial charge on any atom is 0.237 e. The zero-order valence-electron chi connectivity index (χ0n) is 9.34. The van der Waals surface area contributed by atoms with Crippen LogP contribution in [-0.2, 0) is 9.53 Å². The molecule has 1 atom stereocenters. The van der Waals surface area contributed by atoms with E-state index >= 15 is 0 Å². The van der Waals surface area contributed by atoms with Crippen molar-refractivity contribution in [3.8, 4) is 0 Å². The molecule has 15 heavy (non-hydrogen) atoms. The van der Waals surface area contributed by atoms with Gasteiger partial charge in [0.25, 0.3) is 0 Å². The lowest BCUT2D eigenvalue weighted by atomic mass is 9.80. The molecule has 0 aromatic rings. The Hall–Kier alpha value is -0.610. The molecular formula is C11H20N2O2. The highest BCUT2D eigenvalue weighted by Gasteiger charge is 2.37. The summed E-state index contributed by atoms with van der Waals surface area (Å²) in [4.78, 5) is 11.7. The highest BCUT2D eigenvalue weighted by atomic mass is 16.5. The molecule has 1 saturated heterocycles. The fourth-order valence-electron chi connectivity index (χ4n) is 2.30. The Bertz CT molecular complexity index is 227. The molecule has 0 aromatic carbocycles. The van der Waals surface area contributed by atoms with Crippen LogP contribution in [0.25, 0.3) is 0 Å². The first-order valence-electron chi connectivity index (χ1n) is 5.82. The minimum atomic E-state index is -0.0612. The van der Waals surface area contributed by atoms with Gasteiger partial charge in [0.2, 0.25) is 5.91 Å². The third-order valence-electron chi connectivity index (χ3n) is 3.66. The molecule has 4 nitrogen and oxygen atoms in total. The topological polar surface area (TPSA) is 50.4 Å². The summed E-state index contributed by atoms with van der Waals surface area (Å²) in [6, 6.07) is 0.0268. The van der Waals surface area contributed by atoms with Crippen molar-refractivity contribution in [3.63, 3.8) is 0 Å². The standard InChI is InChI=1S/C11H20N2O2/c1-15-11(5-3-6-11)8-13-10(14)9-4-2-7-12-9/h9,12H,2-8H2,1H3,(H,13,14). The molecule has 86 valence electrons. The summed E-state index contributed by atoms with van der Waals surface area (Å²) in [5, 5.41) is 6.19. The van der Waals surface area contributed by atoms with Gasteiger partial charge in [0, 0.05) is 13.7 Å². The van der Waals surface area contributed by atoms with Crippen LogP contribution >= 0.6 is 0 Å². The summed E-state index contributed by atoms with van der Waals surface area (Å²) in [5.41, 5.74) is -0.0612. The summed E-state index contributed by atoms with van der Waals surface area (Å²) in [7, 11) is 1.74. The van der Waals surface area contributed by atoms with E-state index in [0.717, 1.165) is 32.2 Å². The highest BCUT2D eigenvalue weighted by Crippen LogP contribution is 2.34. The SMILES string of the molecule is COC1(CNC(=O)C2CCCN2)CCC1. The van der Waals surface area contributed by atoms with E-state index in [2.05, 4.69) is 10.6 Å². The van der Waals surface area contributed by atoms with Crippen LogP contribution in [0.2, 0.25) is 0 Å². The molecule has 2 fully saturated rings. The summed E-state index contributed by atoms with van der Waals surface area (Å²) >= 11 is 0. The van der Waals surface area contributed by atoms with E-state index in [1.165, 1.54) is 6.42 Å². The Morgan fingerprint density at radius 3 is 2.80 bits per heavy atom. The van der Waals surface area contributed by atoms with Crippen molar-refractivity contribution in [2.45, 2.75) is 43.7 Å². The van der Waals surface area contributed by atoms with Crippen molar-refractivity contribution in [1.29, 1.82) is 0 Å². The molecule has 2 aliphatic rings. The first kappa shape index (κ1) is 10.9. The largest absolute Gasteiger partial charge is 0.376 e. The van der Waals surface area contributed by atoms with Crippen molar-refractivity contribution in [2.24, 2.45) is 0 Å². The summed E-state index contributed by atoms with van der Waals surface area (Å²) in [5.74, 6) is 0.135. The van der Waals surface area contributed by atoms with Gasteiger partial charge in [-0.05, 0) is 38.6 Å². The van der Waals surface area contributed by atoms with Crippen molar-refractivity contribution in [2.75, 3.05) is 20.2 Å². The van der Waals surface area contributed by atoms with Crippen LogP contribution in [0, 0.1) is 0 Å². The van der Waals surface area contributed by atoms with E-state index in [4.69, 9.17) is 4.74 Å². The Kier molecular flexibility index (Phi) is 3.26. The number of nitrogens with one attached hydrogen (secondary N) is 2. The monoisotopic (exact) mass is 212 g/mol. The zero-order chi connectivity index (χ0) is 10.7. The van der Waals surface area contributed by atoms with Crippen LogP contribution < -0.4 is 10.6 Å². The molecule has 0 aromatic heterocycles. The molecule has 2 N–H and O–H groups in total. The Morgan fingerprint density at radius 1 is 1.53 bits per heavy atom. The molecular weight excluding hydrogens is 192 g/mol. The Morgan fingerprint density at radius 2 is 2.33 bits per heavy atom. The van der Waals surface area contributed by atoms with Crippen molar-refractivity contribution in [1.82, 2.24) is 10.6 Å². The predicted molar refractivity (Wildman–Crippen MR) is 57.6 cm³/mol. The molecule has 1 saturated carbocycles. The van der Waals surface area contributed by atoms with E-state index < -0.39 is 0 Å². The number of hydrogen-bond acceptors (Lipinski definition) is 3. The molecule has 0 spiro atoms. The van der Waals surface area contributed by atoms with Gasteiger partial charge in [0.15, 0.2) is 0 Å². The van der Waals surface area contributed by atoms with Gasteiger partial charge < -0.3 is 15.4 Å². The summed E-state index contributed by atoms with van der Waals surface area (Å²) in [6.07, 6.45) is 5.43. The normalized spacial score (nSPS) is 28.5. The molecule has 1 unspecified atom stereocenters. The van der Waals surface area contributed by atoms with Gasteiger partial charge in [-0.1, -0.05) is 0 Å². The second-order valence-corrected chi connectivity index (χ2v) is 4.61. The maximum atomic E-state index is 11.7. The Balaban J connectivity index is 1.74. The minimum Gasteiger partial charge on any atom is -0.376 e.